The first-order chi connectivity index (χ1) is 7.39. The monoisotopic (exact) mass is 224 g/mol. The van der Waals surface area contributed by atoms with Gasteiger partial charge in [-0.1, -0.05) is 20.8 Å². The van der Waals surface area contributed by atoms with Crippen molar-refractivity contribution in [2.24, 2.45) is 11.1 Å². The number of hydrogen-bond donors (Lipinski definition) is 2. The Hall–Kier alpha value is -1.29. The van der Waals surface area contributed by atoms with E-state index in [4.69, 9.17) is 10.2 Å². The fourth-order valence-corrected chi connectivity index (χ4v) is 1.18. The van der Waals surface area contributed by atoms with Gasteiger partial charge in [0.05, 0.1) is 12.8 Å². The SMILES string of the molecule is CC(C)(C)C(N)CC(=O)NCc1ccco1. The van der Waals surface area contributed by atoms with Crippen LogP contribution in [0.25, 0.3) is 0 Å². The molecule has 1 rings (SSSR count). The van der Waals surface area contributed by atoms with Crippen LogP contribution in [0.15, 0.2) is 22.8 Å². The molecule has 1 unspecified atom stereocenters. The van der Waals surface area contributed by atoms with E-state index in [9.17, 15) is 4.79 Å². The van der Waals surface area contributed by atoms with E-state index in [1.165, 1.54) is 0 Å². The topological polar surface area (TPSA) is 68.3 Å². The molecule has 0 aliphatic heterocycles. The van der Waals surface area contributed by atoms with Crippen molar-refractivity contribution in [3.05, 3.63) is 24.2 Å². The average molecular weight is 224 g/mol. The summed E-state index contributed by atoms with van der Waals surface area (Å²) in [5, 5.41) is 2.78. The normalized spacial score (nSPS) is 13.5. The minimum atomic E-state index is -0.135. The lowest BCUT2D eigenvalue weighted by atomic mass is 9.85. The number of carbonyl (C=O) groups is 1. The minimum Gasteiger partial charge on any atom is -0.467 e. The number of furan rings is 1. The molecule has 1 aromatic rings. The molecule has 4 nitrogen and oxygen atoms in total. The van der Waals surface area contributed by atoms with Gasteiger partial charge in [0.25, 0.3) is 0 Å². The van der Waals surface area contributed by atoms with E-state index in [2.05, 4.69) is 5.32 Å². The van der Waals surface area contributed by atoms with Crippen molar-refractivity contribution in [2.75, 3.05) is 0 Å². The van der Waals surface area contributed by atoms with Gasteiger partial charge in [0.2, 0.25) is 5.91 Å². The van der Waals surface area contributed by atoms with Crippen molar-refractivity contribution in [1.29, 1.82) is 0 Å². The second-order valence-electron chi connectivity index (χ2n) is 5.03. The molecule has 0 fully saturated rings. The maximum Gasteiger partial charge on any atom is 0.221 e. The van der Waals surface area contributed by atoms with Gasteiger partial charge >= 0.3 is 0 Å². The summed E-state index contributed by atoms with van der Waals surface area (Å²) in [6.07, 6.45) is 1.92. The van der Waals surface area contributed by atoms with E-state index in [0.29, 0.717) is 13.0 Å². The molecule has 16 heavy (non-hydrogen) atoms. The van der Waals surface area contributed by atoms with Crippen LogP contribution >= 0.6 is 0 Å². The first kappa shape index (κ1) is 12.8. The third-order valence-electron chi connectivity index (χ3n) is 2.56. The molecule has 0 aliphatic rings. The summed E-state index contributed by atoms with van der Waals surface area (Å²) in [6, 6.07) is 3.48. The van der Waals surface area contributed by atoms with Crippen molar-refractivity contribution >= 4 is 5.91 Å². The number of amides is 1. The largest absolute Gasteiger partial charge is 0.467 e. The number of rotatable bonds is 4. The van der Waals surface area contributed by atoms with E-state index >= 15 is 0 Å². The first-order valence-corrected chi connectivity index (χ1v) is 5.44. The molecule has 0 aromatic carbocycles. The highest BCUT2D eigenvalue weighted by Crippen LogP contribution is 2.19. The van der Waals surface area contributed by atoms with Gasteiger partial charge in [-0.25, -0.2) is 0 Å². The second kappa shape index (κ2) is 5.16. The molecule has 1 aromatic heterocycles. The van der Waals surface area contributed by atoms with Gasteiger partial charge in [-0.05, 0) is 17.5 Å². The summed E-state index contributed by atoms with van der Waals surface area (Å²) < 4.78 is 5.11. The molecule has 0 bridgehead atoms. The van der Waals surface area contributed by atoms with Gasteiger partial charge in [-0.15, -0.1) is 0 Å². The van der Waals surface area contributed by atoms with E-state index < -0.39 is 0 Å². The van der Waals surface area contributed by atoms with Gasteiger partial charge in [-0.3, -0.25) is 4.79 Å². The van der Waals surface area contributed by atoms with Crippen LogP contribution < -0.4 is 11.1 Å². The summed E-state index contributed by atoms with van der Waals surface area (Å²) in [7, 11) is 0. The summed E-state index contributed by atoms with van der Waals surface area (Å²) >= 11 is 0. The Labute approximate surface area is 96.2 Å². The third kappa shape index (κ3) is 4.06. The van der Waals surface area contributed by atoms with E-state index in [1.54, 1.807) is 12.3 Å². The fraction of sp³-hybridized carbons (Fsp3) is 0.583. The van der Waals surface area contributed by atoms with Crippen LogP contribution in [0.4, 0.5) is 0 Å². The van der Waals surface area contributed by atoms with Crippen molar-refractivity contribution in [3.8, 4) is 0 Å². The van der Waals surface area contributed by atoms with Gasteiger partial charge < -0.3 is 15.5 Å². The maximum atomic E-state index is 11.6. The Kier molecular flexibility index (Phi) is 4.12. The number of nitrogens with two attached hydrogens (primary N) is 1. The van der Waals surface area contributed by atoms with Crippen molar-refractivity contribution in [3.63, 3.8) is 0 Å². The molecular formula is C12H20N2O2. The van der Waals surface area contributed by atoms with Crippen molar-refractivity contribution < 1.29 is 9.21 Å². The molecule has 1 atom stereocenters. The lowest BCUT2D eigenvalue weighted by Crippen LogP contribution is -2.39. The summed E-state index contributed by atoms with van der Waals surface area (Å²) in [4.78, 5) is 11.6. The van der Waals surface area contributed by atoms with Gasteiger partial charge in [0, 0.05) is 12.5 Å². The molecular weight excluding hydrogens is 204 g/mol. The Morgan fingerprint density at radius 2 is 2.25 bits per heavy atom. The summed E-state index contributed by atoms with van der Waals surface area (Å²) in [5.41, 5.74) is 5.86. The molecule has 0 spiro atoms. The summed E-state index contributed by atoms with van der Waals surface area (Å²) in [6.45, 7) is 6.50. The second-order valence-corrected chi connectivity index (χ2v) is 5.03. The highest BCUT2D eigenvalue weighted by molar-refractivity contribution is 5.76. The molecule has 0 aliphatic carbocycles. The fourth-order valence-electron chi connectivity index (χ4n) is 1.18. The Morgan fingerprint density at radius 1 is 1.56 bits per heavy atom. The Morgan fingerprint density at radius 3 is 2.75 bits per heavy atom. The average Bonchev–Trinajstić information content (AvgIpc) is 2.65. The molecule has 1 amide bonds. The third-order valence-corrected chi connectivity index (χ3v) is 2.56. The van der Waals surface area contributed by atoms with Crippen LogP contribution in [0.3, 0.4) is 0 Å². The predicted octanol–water partition coefficient (Wildman–Crippen LogP) is 1.66. The predicted molar refractivity (Wildman–Crippen MR) is 62.6 cm³/mol. The molecule has 0 saturated heterocycles. The summed E-state index contributed by atoms with van der Waals surface area (Å²) in [5.74, 6) is 0.705. The number of nitrogens with one attached hydrogen (secondary N) is 1. The maximum absolute atomic E-state index is 11.6. The van der Waals surface area contributed by atoms with Crippen LogP contribution in [0.1, 0.15) is 33.0 Å². The van der Waals surface area contributed by atoms with Crippen LogP contribution in [-0.4, -0.2) is 11.9 Å². The lowest BCUT2D eigenvalue weighted by Gasteiger charge is -2.26. The number of hydrogen-bond acceptors (Lipinski definition) is 3. The standard InChI is InChI=1S/C12H20N2O2/c1-12(2,3)10(13)7-11(15)14-8-9-5-4-6-16-9/h4-6,10H,7-8,13H2,1-3H3,(H,14,15). The quantitative estimate of drug-likeness (QED) is 0.817. The number of carbonyl (C=O) groups excluding carboxylic acids is 1. The molecule has 4 heteroatoms. The highest BCUT2D eigenvalue weighted by Gasteiger charge is 2.22. The Balaban J connectivity index is 2.31. The zero-order chi connectivity index (χ0) is 12.2. The zero-order valence-electron chi connectivity index (χ0n) is 10.1. The zero-order valence-corrected chi connectivity index (χ0v) is 10.1. The van der Waals surface area contributed by atoms with Crippen LogP contribution in [0, 0.1) is 5.41 Å². The van der Waals surface area contributed by atoms with Crippen LogP contribution in [-0.2, 0) is 11.3 Å². The van der Waals surface area contributed by atoms with Crippen molar-refractivity contribution in [1.82, 2.24) is 5.32 Å². The molecule has 90 valence electrons. The van der Waals surface area contributed by atoms with Crippen molar-refractivity contribution in [2.45, 2.75) is 39.8 Å². The van der Waals surface area contributed by atoms with E-state index in [0.717, 1.165) is 5.76 Å². The minimum absolute atomic E-state index is 0.0428. The van der Waals surface area contributed by atoms with Crippen LogP contribution in [0.5, 0.6) is 0 Å². The van der Waals surface area contributed by atoms with Gasteiger partial charge in [0.15, 0.2) is 0 Å². The highest BCUT2D eigenvalue weighted by atomic mass is 16.3. The first-order valence-electron chi connectivity index (χ1n) is 5.44. The molecule has 0 saturated carbocycles. The van der Waals surface area contributed by atoms with E-state index in [1.807, 2.05) is 26.8 Å². The molecule has 0 radical (unpaired) electrons. The lowest BCUT2D eigenvalue weighted by molar-refractivity contribution is -0.122. The Bertz CT molecular complexity index is 325. The van der Waals surface area contributed by atoms with E-state index in [-0.39, 0.29) is 17.4 Å². The van der Waals surface area contributed by atoms with Crippen LogP contribution in [0.2, 0.25) is 0 Å². The smallest absolute Gasteiger partial charge is 0.221 e. The van der Waals surface area contributed by atoms with Gasteiger partial charge in [-0.2, -0.15) is 0 Å². The molecule has 1 heterocycles. The van der Waals surface area contributed by atoms with Gasteiger partial charge in [0.1, 0.15) is 5.76 Å². The molecule has 3 N–H and O–H groups in total.